The normalized spacial score (nSPS) is 21.5. The van der Waals surface area contributed by atoms with Crippen LogP contribution in [-0.2, 0) is 4.74 Å². The summed E-state index contributed by atoms with van der Waals surface area (Å²) in [4.78, 5) is 19.5. The number of carbonyl (C=O) groups is 1. The lowest BCUT2D eigenvalue weighted by molar-refractivity contribution is -0.0417. The molecule has 5 rings (SSSR count). The lowest BCUT2D eigenvalue weighted by atomic mass is 9.95. The van der Waals surface area contributed by atoms with E-state index in [2.05, 4.69) is 10.3 Å². The quantitative estimate of drug-likeness (QED) is 0.657. The molecule has 0 bridgehead atoms. The van der Waals surface area contributed by atoms with E-state index in [1.807, 2.05) is 40.7 Å². The van der Waals surface area contributed by atoms with Crippen molar-refractivity contribution in [2.45, 2.75) is 31.5 Å². The fraction of sp³-hybridized carbons (Fsp3) is 0.360. The largest absolute Gasteiger partial charge is 0.373 e. The molecule has 3 atom stereocenters. The standard InChI is InChI=1S/C25H26F2N4O2/c1-16(20-4-2-3-5-21(20)17-10-18(26)12-19(27)11-17)31-15-28-13-23(31)25(32)30-8-6-22-24(14-30)33-9-7-29-22/h2-5,10-13,15-16,22,24,29H,6-9,14H2,1H3/t16-,22+,24+/m0/s1. The molecule has 0 aliphatic carbocycles. The number of likely N-dealkylation sites (tertiary alicyclic amines) is 1. The third-order valence-corrected chi connectivity index (χ3v) is 6.57. The zero-order chi connectivity index (χ0) is 22.9. The lowest BCUT2D eigenvalue weighted by Crippen LogP contribution is -2.58. The van der Waals surface area contributed by atoms with Gasteiger partial charge in [-0.3, -0.25) is 4.79 Å². The van der Waals surface area contributed by atoms with E-state index >= 15 is 0 Å². The average Bonchev–Trinajstić information content (AvgIpc) is 3.32. The fourth-order valence-electron chi connectivity index (χ4n) is 4.88. The van der Waals surface area contributed by atoms with Crippen LogP contribution in [0.4, 0.5) is 8.78 Å². The number of nitrogens with zero attached hydrogens (tertiary/aromatic N) is 3. The summed E-state index contributed by atoms with van der Waals surface area (Å²) in [5.74, 6) is -1.36. The van der Waals surface area contributed by atoms with Crippen LogP contribution >= 0.6 is 0 Å². The number of rotatable bonds is 4. The Hall–Kier alpha value is -3.10. The summed E-state index contributed by atoms with van der Waals surface area (Å²) in [6.07, 6.45) is 4.05. The maximum Gasteiger partial charge on any atom is 0.272 e. The minimum atomic E-state index is -0.631. The number of benzene rings is 2. The number of morpholine rings is 1. The summed E-state index contributed by atoms with van der Waals surface area (Å²) in [6, 6.07) is 10.9. The van der Waals surface area contributed by atoms with Crippen molar-refractivity contribution in [2.24, 2.45) is 0 Å². The van der Waals surface area contributed by atoms with Crippen molar-refractivity contribution in [3.63, 3.8) is 0 Å². The molecule has 3 aromatic rings. The van der Waals surface area contributed by atoms with Gasteiger partial charge in [0.2, 0.25) is 0 Å². The summed E-state index contributed by atoms with van der Waals surface area (Å²) in [5.41, 5.74) is 2.47. The van der Waals surface area contributed by atoms with Crippen molar-refractivity contribution in [3.8, 4) is 11.1 Å². The highest BCUT2D eigenvalue weighted by molar-refractivity contribution is 5.92. The van der Waals surface area contributed by atoms with Gasteiger partial charge in [-0.2, -0.15) is 0 Å². The van der Waals surface area contributed by atoms with Crippen LogP contribution in [0.1, 0.15) is 35.4 Å². The first-order valence-corrected chi connectivity index (χ1v) is 11.2. The number of piperidine rings is 1. The zero-order valence-electron chi connectivity index (χ0n) is 18.4. The molecule has 0 saturated carbocycles. The second kappa shape index (κ2) is 9.03. The Morgan fingerprint density at radius 2 is 2.00 bits per heavy atom. The van der Waals surface area contributed by atoms with Gasteiger partial charge in [0.25, 0.3) is 5.91 Å². The van der Waals surface area contributed by atoms with Gasteiger partial charge < -0.3 is 19.5 Å². The molecule has 0 spiro atoms. The number of nitrogens with one attached hydrogen (secondary N) is 1. The predicted molar refractivity (Wildman–Crippen MR) is 120 cm³/mol. The molecular weight excluding hydrogens is 426 g/mol. The number of imidazole rings is 1. The molecule has 1 N–H and O–H groups in total. The van der Waals surface area contributed by atoms with Crippen LogP contribution in [0.5, 0.6) is 0 Å². The van der Waals surface area contributed by atoms with Crippen molar-refractivity contribution in [1.82, 2.24) is 19.8 Å². The van der Waals surface area contributed by atoms with Crippen molar-refractivity contribution in [3.05, 3.63) is 77.9 Å². The van der Waals surface area contributed by atoms with Gasteiger partial charge in [0.1, 0.15) is 17.3 Å². The molecule has 0 radical (unpaired) electrons. The van der Waals surface area contributed by atoms with Crippen LogP contribution in [0.15, 0.2) is 55.0 Å². The van der Waals surface area contributed by atoms with Gasteiger partial charge in [-0.15, -0.1) is 0 Å². The Labute approximate surface area is 191 Å². The minimum Gasteiger partial charge on any atom is -0.373 e. The first-order valence-electron chi connectivity index (χ1n) is 11.2. The van der Waals surface area contributed by atoms with E-state index in [0.717, 1.165) is 24.6 Å². The Bertz CT molecular complexity index is 1140. The van der Waals surface area contributed by atoms with Crippen LogP contribution in [-0.4, -0.2) is 58.7 Å². The van der Waals surface area contributed by atoms with Crippen molar-refractivity contribution in [2.75, 3.05) is 26.2 Å². The molecule has 2 aliphatic rings. The van der Waals surface area contributed by atoms with E-state index in [1.165, 1.54) is 12.1 Å². The molecule has 172 valence electrons. The van der Waals surface area contributed by atoms with Crippen molar-refractivity contribution < 1.29 is 18.3 Å². The molecule has 2 fully saturated rings. The van der Waals surface area contributed by atoms with Crippen LogP contribution < -0.4 is 5.32 Å². The van der Waals surface area contributed by atoms with Crippen molar-refractivity contribution >= 4 is 5.91 Å². The number of aromatic nitrogens is 2. The number of halogens is 2. The Morgan fingerprint density at radius 3 is 2.82 bits per heavy atom. The summed E-state index contributed by atoms with van der Waals surface area (Å²) in [5, 5.41) is 3.46. The number of ether oxygens (including phenoxy) is 1. The fourth-order valence-corrected chi connectivity index (χ4v) is 4.88. The maximum absolute atomic E-state index is 13.9. The van der Waals surface area contributed by atoms with E-state index in [1.54, 1.807) is 12.5 Å². The Balaban J connectivity index is 1.43. The van der Waals surface area contributed by atoms with Gasteiger partial charge in [0, 0.05) is 31.7 Å². The van der Waals surface area contributed by atoms with Gasteiger partial charge in [-0.05, 0) is 42.2 Å². The van der Waals surface area contributed by atoms with Crippen LogP contribution in [0.3, 0.4) is 0 Å². The summed E-state index contributed by atoms with van der Waals surface area (Å²) >= 11 is 0. The number of hydrogen-bond acceptors (Lipinski definition) is 4. The molecule has 2 aromatic carbocycles. The van der Waals surface area contributed by atoms with E-state index in [9.17, 15) is 13.6 Å². The highest BCUT2D eigenvalue weighted by Gasteiger charge is 2.35. The van der Waals surface area contributed by atoms with Gasteiger partial charge in [-0.1, -0.05) is 24.3 Å². The molecule has 33 heavy (non-hydrogen) atoms. The molecular formula is C25H26F2N4O2. The second-order valence-corrected chi connectivity index (χ2v) is 8.62. The number of fused-ring (bicyclic) bond motifs is 1. The molecule has 2 aliphatic heterocycles. The Morgan fingerprint density at radius 1 is 1.21 bits per heavy atom. The molecule has 1 aromatic heterocycles. The first kappa shape index (κ1) is 21.7. The van der Waals surface area contributed by atoms with Gasteiger partial charge >= 0.3 is 0 Å². The van der Waals surface area contributed by atoms with Gasteiger partial charge in [0.15, 0.2) is 0 Å². The summed E-state index contributed by atoms with van der Waals surface area (Å²) < 4.78 is 35.5. The molecule has 2 saturated heterocycles. The third kappa shape index (κ3) is 4.28. The molecule has 3 heterocycles. The van der Waals surface area contributed by atoms with Gasteiger partial charge in [-0.25, -0.2) is 13.8 Å². The zero-order valence-corrected chi connectivity index (χ0v) is 18.4. The molecule has 6 nitrogen and oxygen atoms in total. The van der Waals surface area contributed by atoms with E-state index < -0.39 is 11.6 Å². The number of carbonyl (C=O) groups excluding carboxylic acids is 1. The topological polar surface area (TPSA) is 59.4 Å². The lowest BCUT2D eigenvalue weighted by Gasteiger charge is -2.41. The Kier molecular flexibility index (Phi) is 5.95. The average molecular weight is 453 g/mol. The van der Waals surface area contributed by atoms with Crippen molar-refractivity contribution in [1.29, 1.82) is 0 Å². The molecule has 1 amide bonds. The first-order chi connectivity index (χ1) is 16.0. The third-order valence-electron chi connectivity index (χ3n) is 6.57. The second-order valence-electron chi connectivity index (χ2n) is 8.62. The van der Waals surface area contributed by atoms with E-state index in [-0.39, 0.29) is 24.1 Å². The van der Waals surface area contributed by atoms with E-state index in [0.29, 0.717) is 36.5 Å². The minimum absolute atomic E-state index is 0.00570. The molecule has 8 heteroatoms. The van der Waals surface area contributed by atoms with E-state index in [4.69, 9.17) is 4.74 Å². The van der Waals surface area contributed by atoms with Gasteiger partial charge in [0.05, 0.1) is 31.3 Å². The maximum atomic E-state index is 13.9. The predicted octanol–water partition coefficient (Wildman–Crippen LogP) is 3.64. The molecule has 0 unspecified atom stereocenters. The SMILES string of the molecule is C[C@@H](c1ccccc1-c1cc(F)cc(F)c1)n1cncc1C(=O)N1CC[C@H]2NCCO[C@@H]2C1. The van der Waals surface area contributed by atoms with Crippen LogP contribution in [0.2, 0.25) is 0 Å². The smallest absolute Gasteiger partial charge is 0.272 e. The van der Waals surface area contributed by atoms with Crippen LogP contribution in [0, 0.1) is 11.6 Å². The van der Waals surface area contributed by atoms with Crippen LogP contribution in [0.25, 0.3) is 11.1 Å². The summed E-state index contributed by atoms with van der Waals surface area (Å²) in [7, 11) is 0. The monoisotopic (exact) mass is 452 g/mol. The summed E-state index contributed by atoms with van der Waals surface area (Å²) in [6.45, 7) is 4.63. The number of hydrogen-bond donors (Lipinski definition) is 1. The number of amides is 1. The highest BCUT2D eigenvalue weighted by atomic mass is 19.1. The highest BCUT2D eigenvalue weighted by Crippen LogP contribution is 2.32.